The van der Waals surface area contributed by atoms with E-state index in [1.54, 1.807) is 0 Å². The van der Waals surface area contributed by atoms with Crippen molar-refractivity contribution in [2.24, 2.45) is 0 Å². The van der Waals surface area contributed by atoms with Gasteiger partial charge < -0.3 is 29.4 Å². The number of nitrogens with one attached hydrogen (secondary N) is 2. The summed E-state index contributed by atoms with van der Waals surface area (Å²) in [5, 5.41) is 5.76. The highest BCUT2D eigenvalue weighted by Gasteiger charge is 2.22. The Kier molecular flexibility index (Phi) is 5.93. The van der Waals surface area contributed by atoms with Crippen LogP contribution in [-0.2, 0) is 24.4 Å². The van der Waals surface area contributed by atoms with Gasteiger partial charge in [-0.3, -0.25) is 0 Å². The summed E-state index contributed by atoms with van der Waals surface area (Å²) in [4.78, 5) is 16.8. The number of hydrogen-bond acceptors (Lipinski definition) is 5. The minimum absolute atomic E-state index is 0.115. The fraction of sp³-hybridized carbons (Fsp3) is 0.333. The van der Waals surface area contributed by atoms with Crippen molar-refractivity contribution < 1.29 is 19.0 Å². The van der Waals surface area contributed by atoms with Gasteiger partial charge in [-0.1, -0.05) is 30.3 Å². The van der Waals surface area contributed by atoms with Gasteiger partial charge in [0.2, 0.25) is 0 Å². The first-order valence-corrected chi connectivity index (χ1v) is 10.9. The minimum Gasteiger partial charge on any atom is -0.490 e. The van der Waals surface area contributed by atoms with Crippen molar-refractivity contribution in [3.8, 4) is 22.8 Å². The molecule has 0 aliphatic carbocycles. The lowest BCUT2D eigenvalue weighted by molar-refractivity contribution is 0.00444. The molecule has 2 amide bonds. The highest BCUT2D eigenvalue weighted by molar-refractivity contribution is 5.73. The molecular weight excluding hydrogens is 408 g/mol. The summed E-state index contributed by atoms with van der Waals surface area (Å²) in [6, 6.07) is 15.5. The number of ether oxygens (including phenoxy) is 3. The Morgan fingerprint density at radius 3 is 2.78 bits per heavy atom. The van der Waals surface area contributed by atoms with Crippen LogP contribution in [0.1, 0.15) is 17.8 Å². The molecule has 2 aromatic carbocycles. The largest absolute Gasteiger partial charge is 0.490 e. The van der Waals surface area contributed by atoms with Gasteiger partial charge in [0, 0.05) is 31.3 Å². The summed E-state index contributed by atoms with van der Waals surface area (Å²) in [6.45, 7) is 3.27. The number of aromatic nitrogens is 2. The van der Waals surface area contributed by atoms with Gasteiger partial charge in [0.25, 0.3) is 0 Å². The number of rotatable bonds is 5. The summed E-state index contributed by atoms with van der Waals surface area (Å²) in [7, 11) is 0. The molecule has 0 spiro atoms. The van der Waals surface area contributed by atoms with Crippen LogP contribution in [0.15, 0.2) is 54.7 Å². The molecule has 166 valence electrons. The molecule has 2 aliphatic rings. The lowest BCUT2D eigenvalue weighted by atomic mass is 10.1. The van der Waals surface area contributed by atoms with E-state index in [9.17, 15) is 4.79 Å². The fourth-order valence-electron chi connectivity index (χ4n) is 3.82. The van der Waals surface area contributed by atoms with E-state index >= 15 is 0 Å². The van der Waals surface area contributed by atoms with Crippen LogP contribution >= 0.6 is 0 Å². The second-order valence-corrected chi connectivity index (χ2v) is 7.89. The summed E-state index contributed by atoms with van der Waals surface area (Å²) in [5.41, 5.74) is 2.90. The lowest BCUT2D eigenvalue weighted by Crippen LogP contribution is -2.42. The number of fused-ring (bicyclic) bond motifs is 2. The second-order valence-electron chi connectivity index (χ2n) is 7.89. The summed E-state index contributed by atoms with van der Waals surface area (Å²) in [5.74, 6) is 2.40. The third kappa shape index (κ3) is 4.70. The van der Waals surface area contributed by atoms with Gasteiger partial charge in [-0.05, 0) is 23.8 Å². The van der Waals surface area contributed by atoms with Crippen molar-refractivity contribution in [2.75, 3.05) is 19.8 Å². The Hall–Kier alpha value is -3.52. The van der Waals surface area contributed by atoms with Crippen LogP contribution in [0.2, 0.25) is 0 Å². The normalized spacial score (nSPS) is 17.2. The van der Waals surface area contributed by atoms with Gasteiger partial charge in [-0.25, -0.2) is 9.78 Å². The average molecular weight is 434 g/mol. The molecule has 3 aromatic rings. The molecule has 5 rings (SSSR count). The first-order chi connectivity index (χ1) is 15.7. The average Bonchev–Trinajstić information content (AvgIpc) is 3.11. The molecule has 1 aromatic heterocycles. The van der Waals surface area contributed by atoms with Crippen molar-refractivity contribution in [1.29, 1.82) is 0 Å². The van der Waals surface area contributed by atoms with E-state index in [1.807, 2.05) is 54.7 Å². The highest BCUT2D eigenvalue weighted by Crippen LogP contribution is 2.34. The van der Waals surface area contributed by atoms with Crippen LogP contribution in [0.4, 0.5) is 4.79 Å². The van der Waals surface area contributed by atoms with E-state index in [0.717, 1.165) is 40.6 Å². The third-order valence-corrected chi connectivity index (χ3v) is 5.54. The molecule has 0 radical (unpaired) electrons. The zero-order valence-electron chi connectivity index (χ0n) is 17.8. The van der Waals surface area contributed by atoms with Crippen LogP contribution in [0.5, 0.6) is 11.5 Å². The molecule has 8 nitrogen and oxygen atoms in total. The van der Waals surface area contributed by atoms with Crippen molar-refractivity contribution in [3.05, 3.63) is 66.1 Å². The molecule has 3 heterocycles. The monoisotopic (exact) mass is 434 g/mol. The molecule has 0 saturated heterocycles. The zero-order chi connectivity index (χ0) is 21.8. The lowest BCUT2D eigenvalue weighted by Gasteiger charge is -2.24. The molecule has 32 heavy (non-hydrogen) atoms. The van der Waals surface area contributed by atoms with Gasteiger partial charge in [0.05, 0.1) is 31.6 Å². The van der Waals surface area contributed by atoms with Gasteiger partial charge in [-0.15, -0.1) is 0 Å². The maximum Gasteiger partial charge on any atom is 0.315 e. The summed E-state index contributed by atoms with van der Waals surface area (Å²) < 4.78 is 19.5. The number of nitrogens with zero attached hydrogens (tertiary/aromatic N) is 2. The molecule has 2 aliphatic heterocycles. The van der Waals surface area contributed by atoms with Crippen molar-refractivity contribution in [3.63, 3.8) is 0 Å². The Morgan fingerprint density at radius 1 is 1.06 bits per heavy atom. The van der Waals surface area contributed by atoms with Crippen LogP contribution in [0.3, 0.4) is 0 Å². The fourth-order valence-corrected chi connectivity index (χ4v) is 3.82. The molecule has 0 saturated carbocycles. The maximum absolute atomic E-state index is 12.1. The number of amides is 2. The van der Waals surface area contributed by atoms with Gasteiger partial charge in [0.15, 0.2) is 11.5 Å². The predicted molar refractivity (Wildman–Crippen MR) is 119 cm³/mol. The molecule has 0 fully saturated rings. The molecular formula is C24H26N4O4. The zero-order valence-corrected chi connectivity index (χ0v) is 17.8. The van der Waals surface area contributed by atoms with Crippen molar-refractivity contribution in [2.45, 2.75) is 32.2 Å². The van der Waals surface area contributed by atoms with Gasteiger partial charge in [-0.2, -0.15) is 0 Å². The topological polar surface area (TPSA) is 86.6 Å². The van der Waals surface area contributed by atoms with E-state index < -0.39 is 0 Å². The third-order valence-electron chi connectivity index (χ3n) is 5.54. The smallest absolute Gasteiger partial charge is 0.315 e. The van der Waals surface area contributed by atoms with E-state index in [1.165, 1.54) is 0 Å². The first kappa shape index (κ1) is 20.4. The van der Waals surface area contributed by atoms with Gasteiger partial charge >= 0.3 is 6.03 Å². The molecule has 1 unspecified atom stereocenters. The Labute approximate surface area is 186 Å². The maximum atomic E-state index is 12.1. The summed E-state index contributed by atoms with van der Waals surface area (Å²) >= 11 is 0. The number of carbonyl (C=O) groups is 1. The number of imidazole rings is 1. The molecule has 1 atom stereocenters. The number of hydrogen-bond donors (Lipinski definition) is 2. The Bertz CT molecular complexity index is 1080. The van der Waals surface area contributed by atoms with E-state index in [4.69, 9.17) is 19.2 Å². The predicted octanol–water partition coefficient (Wildman–Crippen LogP) is 3.11. The molecule has 8 heteroatoms. The summed E-state index contributed by atoms with van der Waals surface area (Å²) in [6.07, 6.45) is 2.79. The second kappa shape index (κ2) is 9.32. The SMILES string of the molecule is O=C(NCc1ccccc1)NCC1Cn2cc(-c3ccc4c(c3)OCCCO4)nc2CO1. The molecule has 0 bridgehead atoms. The van der Waals surface area contributed by atoms with Crippen molar-refractivity contribution in [1.82, 2.24) is 20.2 Å². The quantitative estimate of drug-likeness (QED) is 0.644. The molecule has 2 N–H and O–H groups in total. The van der Waals surface area contributed by atoms with Crippen molar-refractivity contribution >= 4 is 6.03 Å². The van der Waals surface area contributed by atoms with Crippen LogP contribution in [0.25, 0.3) is 11.3 Å². The number of benzene rings is 2. The minimum atomic E-state index is -0.207. The van der Waals surface area contributed by atoms with Crippen LogP contribution < -0.4 is 20.1 Å². The van der Waals surface area contributed by atoms with E-state index in [0.29, 0.717) is 39.5 Å². The Balaban J connectivity index is 1.17. The van der Waals surface area contributed by atoms with E-state index in [-0.39, 0.29) is 12.1 Å². The number of carbonyl (C=O) groups excluding carboxylic acids is 1. The van der Waals surface area contributed by atoms with Crippen LogP contribution in [0, 0.1) is 0 Å². The van der Waals surface area contributed by atoms with Crippen LogP contribution in [-0.4, -0.2) is 41.4 Å². The van der Waals surface area contributed by atoms with E-state index in [2.05, 4.69) is 15.2 Å². The standard InChI is InChI=1S/C24H26N4O4/c29-24(25-12-17-5-2-1-3-6-17)26-13-19-14-28-15-20(27-23(28)16-32-19)18-7-8-21-22(11-18)31-10-4-9-30-21/h1-3,5-8,11,15,19H,4,9-10,12-14,16H2,(H2,25,26,29). The Morgan fingerprint density at radius 2 is 1.91 bits per heavy atom. The van der Waals surface area contributed by atoms with Gasteiger partial charge in [0.1, 0.15) is 12.4 Å². The number of urea groups is 1. The first-order valence-electron chi connectivity index (χ1n) is 10.9. The highest BCUT2D eigenvalue weighted by atomic mass is 16.5.